The van der Waals surface area contributed by atoms with Crippen molar-refractivity contribution in [3.8, 4) is 73.6 Å². The Morgan fingerprint density at radius 2 is 0.848 bits per heavy atom. The molecule has 12 aromatic rings. The Hall–Kier alpha value is -8.99. The first-order valence-electron chi connectivity index (χ1n) is 21.7. The quantitative estimate of drug-likeness (QED) is 0.160. The summed E-state index contributed by atoms with van der Waals surface area (Å²) in [4.78, 5) is 10.7. The lowest BCUT2D eigenvalue weighted by molar-refractivity contribution is 0.589. The molecule has 66 heavy (non-hydrogen) atoms. The molecule has 0 atom stereocenters. The van der Waals surface area contributed by atoms with E-state index in [0.29, 0.717) is 17.1 Å². The lowest BCUT2D eigenvalue weighted by Crippen LogP contribution is -2.02. The van der Waals surface area contributed by atoms with Crippen LogP contribution >= 0.6 is 0 Å². The molecule has 0 aliphatic rings. The predicted octanol–water partition coefficient (Wildman–Crippen LogP) is 15.2. The van der Waals surface area contributed by atoms with E-state index in [0.717, 1.165) is 88.5 Å². The van der Waals surface area contributed by atoms with Crippen LogP contribution in [0.15, 0.2) is 212 Å². The summed E-state index contributed by atoms with van der Waals surface area (Å²) in [6, 6.07) is 71.3. The zero-order chi connectivity index (χ0) is 44.3. The molecule has 0 aliphatic carbocycles. The normalized spacial score (nSPS) is 11.5. The number of para-hydroxylation sites is 3. The van der Waals surface area contributed by atoms with Crippen molar-refractivity contribution in [3.63, 3.8) is 0 Å². The fourth-order valence-corrected chi connectivity index (χ4v) is 9.52. The molecule has 0 radical (unpaired) electrons. The molecular weight excluding hydrogens is 817 g/mol. The van der Waals surface area contributed by atoms with E-state index in [1.807, 2.05) is 59.2 Å². The van der Waals surface area contributed by atoms with Gasteiger partial charge in [0.2, 0.25) is 0 Å². The molecule has 0 unspecified atom stereocenters. The van der Waals surface area contributed by atoms with E-state index in [1.165, 1.54) is 18.2 Å². The van der Waals surface area contributed by atoms with Crippen LogP contribution in [0.1, 0.15) is 5.56 Å². The van der Waals surface area contributed by atoms with Gasteiger partial charge in [0.15, 0.2) is 5.82 Å². The number of rotatable bonds is 7. The third-order valence-electron chi connectivity index (χ3n) is 12.5. The second kappa shape index (κ2) is 15.7. The van der Waals surface area contributed by atoms with Gasteiger partial charge < -0.3 is 9.13 Å². The summed E-state index contributed by atoms with van der Waals surface area (Å²) in [5.41, 5.74) is 12.1. The average molecular weight is 852 g/mol. The zero-order valence-electron chi connectivity index (χ0n) is 35.2. The molecule has 9 aromatic carbocycles. The Labute approximate surface area is 378 Å². The maximum Gasteiger partial charge on any atom is 0.162 e. The number of halogens is 2. The molecule has 3 aromatic heterocycles. The van der Waals surface area contributed by atoms with Crippen molar-refractivity contribution >= 4 is 43.6 Å². The number of hydrogen-bond donors (Lipinski definition) is 0. The number of benzene rings is 9. The predicted molar refractivity (Wildman–Crippen MR) is 263 cm³/mol. The van der Waals surface area contributed by atoms with E-state index in [4.69, 9.17) is 9.97 Å². The smallest absolute Gasteiger partial charge is 0.162 e. The first-order chi connectivity index (χ1) is 32.5. The molecule has 0 saturated carbocycles. The van der Waals surface area contributed by atoms with E-state index in [1.54, 1.807) is 18.2 Å². The minimum atomic E-state index is -0.705. The number of fused-ring (bicyclic) bond motifs is 6. The second-order valence-corrected chi connectivity index (χ2v) is 16.3. The maximum atomic E-state index is 15.6. The average Bonchev–Trinajstić information content (AvgIpc) is 3.89. The molecule has 0 N–H and O–H groups in total. The molecule has 0 saturated heterocycles. The summed E-state index contributed by atoms with van der Waals surface area (Å²) in [5.74, 6) is -0.826. The summed E-state index contributed by atoms with van der Waals surface area (Å²) in [5, 5.41) is 14.1. The van der Waals surface area contributed by atoms with Gasteiger partial charge in [-0.1, -0.05) is 133 Å². The van der Waals surface area contributed by atoms with Crippen molar-refractivity contribution in [1.82, 2.24) is 19.1 Å². The Morgan fingerprint density at radius 1 is 0.379 bits per heavy atom. The monoisotopic (exact) mass is 851 g/mol. The number of hydrogen-bond acceptors (Lipinski definition) is 3. The summed E-state index contributed by atoms with van der Waals surface area (Å²) < 4.78 is 35.5. The molecule has 0 fully saturated rings. The van der Waals surface area contributed by atoms with Crippen LogP contribution in [0.5, 0.6) is 0 Å². The van der Waals surface area contributed by atoms with Gasteiger partial charge in [0.05, 0.1) is 62.0 Å². The van der Waals surface area contributed by atoms with Crippen LogP contribution < -0.4 is 0 Å². The van der Waals surface area contributed by atoms with Crippen LogP contribution in [-0.4, -0.2) is 19.1 Å². The highest BCUT2D eigenvalue weighted by atomic mass is 19.1. The van der Waals surface area contributed by atoms with Gasteiger partial charge in [-0.2, -0.15) is 5.26 Å². The highest BCUT2D eigenvalue weighted by molar-refractivity contribution is 6.12. The molecule has 310 valence electrons. The van der Waals surface area contributed by atoms with Gasteiger partial charge in [-0.15, -0.1) is 0 Å². The third-order valence-corrected chi connectivity index (χ3v) is 12.5. The Morgan fingerprint density at radius 3 is 1.42 bits per heavy atom. The maximum absolute atomic E-state index is 15.6. The number of nitriles is 1. The van der Waals surface area contributed by atoms with Crippen LogP contribution in [0, 0.1) is 23.0 Å². The molecule has 5 nitrogen and oxygen atoms in total. The van der Waals surface area contributed by atoms with Crippen molar-refractivity contribution in [2.24, 2.45) is 0 Å². The van der Waals surface area contributed by atoms with Crippen molar-refractivity contribution < 1.29 is 8.78 Å². The van der Waals surface area contributed by atoms with E-state index in [9.17, 15) is 5.26 Å². The molecule has 7 heteroatoms. The fourth-order valence-electron chi connectivity index (χ4n) is 9.52. The van der Waals surface area contributed by atoms with Crippen molar-refractivity contribution in [3.05, 3.63) is 230 Å². The van der Waals surface area contributed by atoms with Crippen LogP contribution in [0.4, 0.5) is 8.78 Å². The number of nitrogens with zero attached hydrogens (tertiary/aromatic N) is 5. The van der Waals surface area contributed by atoms with Gasteiger partial charge in [-0.25, -0.2) is 18.7 Å². The van der Waals surface area contributed by atoms with Crippen LogP contribution in [-0.2, 0) is 0 Å². The lowest BCUT2D eigenvalue weighted by Gasteiger charge is -2.17. The largest absolute Gasteiger partial charge is 0.309 e. The summed E-state index contributed by atoms with van der Waals surface area (Å²) in [6.45, 7) is 0. The molecule has 0 amide bonds. The van der Waals surface area contributed by atoms with Gasteiger partial charge in [0, 0.05) is 43.8 Å². The molecule has 0 aliphatic heterocycles. The molecule has 0 bridgehead atoms. The van der Waals surface area contributed by atoms with E-state index >= 15 is 8.78 Å². The Bertz CT molecular complexity index is 3790. The van der Waals surface area contributed by atoms with Crippen LogP contribution in [0.2, 0.25) is 0 Å². The standard InChI is InChI=1S/C59H35F2N5/c60-48-21-13-22-49(61)58(48)46-32-37(36-62)26-29-56(46)66-54-25-12-9-20-44(54)45-33-40(27-30-55(45)66)41-28-31-57(65-52-23-10-7-18-42(52)43-19-8-11-24-53(43)65)47(34-41)59-63-50(38-14-3-1-4-15-38)35-51(64-59)39-16-5-2-6-17-39/h1-35H. The van der Waals surface area contributed by atoms with Gasteiger partial charge in [-0.05, 0) is 90.0 Å². The van der Waals surface area contributed by atoms with E-state index in [2.05, 4.69) is 132 Å². The third kappa shape index (κ3) is 6.35. The minimum Gasteiger partial charge on any atom is -0.309 e. The fraction of sp³-hybridized carbons (Fsp3) is 0. The van der Waals surface area contributed by atoms with Crippen LogP contribution in [0.25, 0.3) is 111 Å². The minimum absolute atomic E-state index is 0.183. The molecule has 3 heterocycles. The first-order valence-corrected chi connectivity index (χ1v) is 21.7. The van der Waals surface area contributed by atoms with Gasteiger partial charge in [0.25, 0.3) is 0 Å². The first kappa shape index (κ1) is 38.7. The molecular formula is C59H35F2N5. The lowest BCUT2D eigenvalue weighted by atomic mass is 9.98. The summed E-state index contributed by atoms with van der Waals surface area (Å²) in [6.07, 6.45) is 0. The number of aromatic nitrogens is 4. The SMILES string of the molecule is N#Cc1ccc(-n2c3ccccc3c3cc(-c4ccc(-n5c6ccccc6c6ccccc65)c(-c5nc(-c6ccccc6)cc(-c6ccccc6)n5)c4)ccc32)c(-c2c(F)cccc2F)c1. The summed E-state index contributed by atoms with van der Waals surface area (Å²) >= 11 is 0. The highest BCUT2D eigenvalue weighted by Gasteiger charge is 2.23. The zero-order valence-corrected chi connectivity index (χ0v) is 35.2. The van der Waals surface area contributed by atoms with Crippen LogP contribution in [0.3, 0.4) is 0 Å². The molecule has 12 rings (SSSR count). The van der Waals surface area contributed by atoms with Crippen molar-refractivity contribution in [2.75, 3.05) is 0 Å². The van der Waals surface area contributed by atoms with Crippen molar-refractivity contribution in [1.29, 1.82) is 5.26 Å². The Balaban J connectivity index is 1.11. The van der Waals surface area contributed by atoms with Gasteiger partial charge in [-0.3, -0.25) is 0 Å². The van der Waals surface area contributed by atoms with E-state index in [-0.39, 0.29) is 11.1 Å². The Kier molecular flexibility index (Phi) is 9.18. The van der Waals surface area contributed by atoms with E-state index < -0.39 is 11.6 Å². The topological polar surface area (TPSA) is 59.4 Å². The summed E-state index contributed by atoms with van der Waals surface area (Å²) in [7, 11) is 0. The van der Waals surface area contributed by atoms with Crippen molar-refractivity contribution in [2.45, 2.75) is 0 Å². The second-order valence-electron chi connectivity index (χ2n) is 16.3. The van der Waals surface area contributed by atoms with Gasteiger partial charge >= 0.3 is 0 Å². The highest BCUT2D eigenvalue weighted by Crippen LogP contribution is 2.42. The molecule has 0 spiro atoms. The van der Waals surface area contributed by atoms with Gasteiger partial charge in [0.1, 0.15) is 11.6 Å².